The van der Waals surface area contributed by atoms with Crippen molar-refractivity contribution >= 4 is 6.09 Å². The number of hydrogen-bond acceptors (Lipinski definition) is 3. The van der Waals surface area contributed by atoms with Gasteiger partial charge in [-0.3, -0.25) is 4.68 Å². The topological polar surface area (TPSA) is 47.4 Å². The summed E-state index contributed by atoms with van der Waals surface area (Å²) < 4.78 is 7.32. The van der Waals surface area contributed by atoms with Crippen molar-refractivity contribution in [3.63, 3.8) is 0 Å². The molecule has 2 aromatic carbocycles. The number of hydrogen-bond donors (Lipinski definition) is 0. The van der Waals surface area contributed by atoms with Crippen molar-refractivity contribution in [1.29, 1.82) is 0 Å². The minimum atomic E-state index is -0.324. The van der Waals surface area contributed by atoms with Crippen LogP contribution >= 0.6 is 0 Å². The van der Waals surface area contributed by atoms with Crippen molar-refractivity contribution in [3.8, 4) is 5.75 Å². The maximum atomic E-state index is 12.6. The summed E-state index contributed by atoms with van der Waals surface area (Å²) in [6.07, 6.45) is 3.55. The number of ether oxygens (including phenoxy) is 1. The fourth-order valence-corrected chi connectivity index (χ4v) is 3.31. The number of nitrogens with zero attached hydrogens (tertiary/aromatic N) is 3. The summed E-state index contributed by atoms with van der Waals surface area (Å²) in [5.41, 5.74) is 3.50. The van der Waals surface area contributed by atoms with Crippen LogP contribution in [-0.4, -0.2) is 27.3 Å². The van der Waals surface area contributed by atoms with E-state index in [0.717, 1.165) is 11.1 Å². The van der Waals surface area contributed by atoms with Gasteiger partial charge in [0.2, 0.25) is 0 Å². The van der Waals surface area contributed by atoms with E-state index >= 15 is 0 Å². The van der Waals surface area contributed by atoms with E-state index in [1.54, 1.807) is 21.7 Å². The van der Waals surface area contributed by atoms with Crippen LogP contribution in [0.5, 0.6) is 5.75 Å². The number of carbonyl (C=O) groups excluding carboxylic acids is 1. The molecule has 0 spiro atoms. The maximum Gasteiger partial charge on any atom is 0.415 e. The predicted molar refractivity (Wildman–Crippen MR) is 94.4 cm³/mol. The summed E-state index contributed by atoms with van der Waals surface area (Å²) >= 11 is 0. The van der Waals surface area contributed by atoms with Gasteiger partial charge in [0, 0.05) is 32.3 Å². The lowest BCUT2D eigenvalue weighted by Crippen LogP contribution is -2.40. The smallest absolute Gasteiger partial charge is 0.410 e. The third-order valence-electron chi connectivity index (χ3n) is 4.53. The van der Waals surface area contributed by atoms with Crippen LogP contribution in [0.1, 0.15) is 22.6 Å². The molecule has 0 saturated heterocycles. The fraction of sp³-hybridized carbons (Fsp3) is 0.200. The van der Waals surface area contributed by atoms with Crippen molar-refractivity contribution in [2.75, 3.05) is 6.54 Å². The molecule has 0 unspecified atom stereocenters. The minimum absolute atomic E-state index is 0.0990. The van der Waals surface area contributed by atoms with Gasteiger partial charge in [0.05, 0.1) is 6.20 Å². The molecule has 1 amide bonds. The number of rotatable bonds is 2. The summed E-state index contributed by atoms with van der Waals surface area (Å²) in [6.45, 7) is 1.13. The number of aromatic nitrogens is 2. The molecule has 126 valence electrons. The van der Waals surface area contributed by atoms with E-state index in [-0.39, 0.29) is 12.0 Å². The van der Waals surface area contributed by atoms with E-state index in [0.29, 0.717) is 18.8 Å². The van der Waals surface area contributed by atoms with E-state index in [1.807, 2.05) is 49.8 Å². The average Bonchev–Trinajstić information content (AvgIpc) is 3.08. The molecule has 0 bridgehead atoms. The zero-order chi connectivity index (χ0) is 17.2. The molecular weight excluding hydrogens is 314 g/mol. The van der Waals surface area contributed by atoms with Crippen molar-refractivity contribution in [2.45, 2.75) is 12.5 Å². The average molecular weight is 333 g/mol. The quantitative estimate of drug-likeness (QED) is 0.720. The van der Waals surface area contributed by atoms with Crippen LogP contribution < -0.4 is 4.74 Å². The first-order valence-corrected chi connectivity index (χ1v) is 8.29. The van der Waals surface area contributed by atoms with E-state index < -0.39 is 0 Å². The highest BCUT2D eigenvalue weighted by Crippen LogP contribution is 2.33. The van der Waals surface area contributed by atoms with Gasteiger partial charge in [-0.15, -0.1) is 0 Å². The first kappa shape index (κ1) is 15.4. The SMILES string of the molecule is Cn1cc([C@H]2CN(C(=O)Oc3ccccc3)Cc3ccccc32)cn1. The molecule has 0 fully saturated rings. The number of carbonyl (C=O) groups is 1. The molecule has 5 heteroatoms. The zero-order valence-corrected chi connectivity index (χ0v) is 14.0. The van der Waals surface area contributed by atoms with Gasteiger partial charge in [-0.05, 0) is 28.8 Å². The second kappa shape index (κ2) is 6.43. The van der Waals surface area contributed by atoms with Gasteiger partial charge < -0.3 is 9.64 Å². The molecule has 0 radical (unpaired) electrons. The molecule has 3 aromatic rings. The van der Waals surface area contributed by atoms with Crippen LogP contribution in [0.15, 0.2) is 67.0 Å². The maximum absolute atomic E-state index is 12.6. The molecular formula is C20H19N3O2. The zero-order valence-electron chi connectivity index (χ0n) is 14.0. The van der Waals surface area contributed by atoms with Crippen molar-refractivity contribution < 1.29 is 9.53 Å². The third-order valence-corrected chi connectivity index (χ3v) is 4.53. The molecule has 2 heterocycles. The standard InChI is InChI=1S/C20H19N3O2/c1-22-12-16(11-21-22)19-14-23(13-15-7-5-6-10-18(15)19)20(24)25-17-8-3-2-4-9-17/h2-12,19H,13-14H2,1H3/t19-/m1/s1. The van der Waals surface area contributed by atoms with E-state index in [1.165, 1.54) is 5.56 Å². The van der Waals surface area contributed by atoms with Crippen LogP contribution in [0.4, 0.5) is 4.79 Å². The van der Waals surface area contributed by atoms with Gasteiger partial charge in [-0.25, -0.2) is 4.79 Å². The number of para-hydroxylation sites is 1. The third kappa shape index (κ3) is 3.13. The van der Waals surface area contributed by atoms with Gasteiger partial charge in [0.1, 0.15) is 5.75 Å². The molecule has 0 N–H and O–H groups in total. The Morgan fingerprint density at radius 3 is 2.64 bits per heavy atom. The lowest BCUT2D eigenvalue weighted by atomic mass is 9.86. The largest absolute Gasteiger partial charge is 0.415 e. The van der Waals surface area contributed by atoms with Crippen molar-refractivity contribution in [2.24, 2.45) is 7.05 Å². The van der Waals surface area contributed by atoms with Crippen molar-refractivity contribution in [3.05, 3.63) is 83.7 Å². The number of aryl methyl sites for hydroxylation is 1. The van der Waals surface area contributed by atoms with E-state index in [2.05, 4.69) is 17.2 Å². The van der Waals surface area contributed by atoms with Crippen molar-refractivity contribution in [1.82, 2.24) is 14.7 Å². The number of amides is 1. The molecule has 5 nitrogen and oxygen atoms in total. The summed E-state index contributed by atoms with van der Waals surface area (Å²) in [6, 6.07) is 17.4. The van der Waals surface area contributed by atoms with Gasteiger partial charge in [-0.2, -0.15) is 5.10 Å². The number of benzene rings is 2. The Hall–Kier alpha value is -3.08. The Bertz CT molecular complexity index is 889. The normalized spacial score (nSPS) is 16.4. The Labute approximate surface area is 146 Å². The lowest BCUT2D eigenvalue weighted by molar-refractivity contribution is 0.144. The monoisotopic (exact) mass is 333 g/mol. The van der Waals surface area contributed by atoms with Crippen LogP contribution in [-0.2, 0) is 13.6 Å². The Balaban J connectivity index is 1.62. The minimum Gasteiger partial charge on any atom is -0.410 e. The van der Waals surface area contributed by atoms with Gasteiger partial charge >= 0.3 is 6.09 Å². The molecule has 1 atom stereocenters. The molecule has 1 aliphatic heterocycles. The van der Waals surface area contributed by atoms with Gasteiger partial charge in [0.25, 0.3) is 0 Å². The van der Waals surface area contributed by atoms with Crippen LogP contribution in [0.25, 0.3) is 0 Å². The Kier molecular flexibility index (Phi) is 3.98. The summed E-state index contributed by atoms with van der Waals surface area (Å²) in [7, 11) is 1.90. The highest BCUT2D eigenvalue weighted by molar-refractivity contribution is 5.71. The Morgan fingerprint density at radius 2 is 1.88 bits per heavy atom. The molecule has 25 heavy (non-hydrogen) atoms. The van der Waals surface area contributed by atoms with Gasteiger partial charge in [-0.1, -0.05) is 42.5 Å². The second-order valence-corrected chi connectivity index (χ2v) is 6.26. The van der Waals surface area contributed by atoms with Crippen LogP contribution in [0, 0.1) is 0 Å². The highest BCUT2D eigenvalue weighted by atomic mass is 16.6. The lowest BCUT2D eigenvalue weighted by Gasteiger charge is -2.33. The highest BCUT2D eigenvalue weighted by Gasteiger charge is 2.30. The summed E-state index contributed by atoms with van der Waals surface area (Å²) in [5.74, 6) is 0.659. The van der Waals surface area contributed by atoms with Crippen LogP contribution in [0.2, 0.25) is 0 Å². The molecule has 0 saturated carbocycles. The molecule has 1 aromatic heterocycles. The summed E-state index contributed by atoms with van der Waals surface area (Å²) in [4.78, 5) is 14.4. The van der Waals surface area contributed by atoms with Gasteiger partial charge in [0.15, 0.2) is 0 Å². The molecule has 0 aliphatic carbocycles. The second-order valence-electron chi connectivity index (χ2n) is 6.26. The predicted octanol–water partition coefficient (Wildman–Crippen LogP) is 3.57. The first-order chi connectivity index (χ1) is 12.2. The van der Waals surface area contributed by atoms with Crippen LogP contribution in [0.3, 0.4) is 0 Å². The summed E-state index contributed by atoms with van der Waals surface area (Å²) in [5, 5.41) is 4.28. The first-order valence-electron chi connectivity index (χ1n) is 8.29. The Morgan fingerprint density at radius 1 is 1.12 bits per heavy atom. The van der Waals surface area contributed by atoms with E-state index in [9.17, 15) is 4.79 Å². The fourth-order valence-electron chi connectivity index (χ4n) is 3.31. The molecule has 4 rings (SSSR count). The molecule has 1 aliphatic rings. The number of fused-ring (bicyclic) bond motifs is 1. The van der Waals surface area contributed by atoms with E-state index in [4.69, 9.17) is 4.74 Å².